The Balaban J connectivity index is 1.10. The van der Waals surface area contributed by atoms with Gasteiger partial charge in [0.15, 0.2) is 43.1 Å². The Morgan fingerprint density at radius 1 is 0.963 bits per heavy atom. The lowest BCUT2D eigenvalue weighted by Crippen LogP contribution is -2.40. The van der Waals surface area contributed by atoms with Gasteiger partial charge in [0.2, 0.25) is 0 Å². The summed E-state index contributed by atoms with van der Waals surface area (Å²) < 4.78 is 38.8. The van der Waals surface area contributed by atoms with Gasteiger partial charge in [-0.15, -0.1) is 0 Å². The van der Waals surface area contributed by atoms with Gasteiger partial charge in [-0.2, -0.15) is 0 Å². The van der Waals surface area contributed by atoms with Gasteiger partial charge in [-0.25, -0.2) is 19.7 Å². The zero-order valence-electron chi connectivity index (χ0n) is 32.7. The first-order valence-corrected chi connectivity index (χ1v) is 21.1. The van der Waals surface area contributed by atoms with E-state index in [0.717, 1.165) is 11.1 Å². The third-order valence-electron chi connectivity index (χ3n) is 9.78. The summed E-state index contributed by atoms with van der Waals surface area (Å²) in [7, 11) is -1.97. The molecule has 2 aliphatic rings. The Labute approximate surface area is 317 Å². The van der Waals surface area contributed by atoms with E-state index in [4.69, 9.17) is 28.1 Å². The zero-order chi connectivity index (χ0) is 39.1. The minimum absolute atomic E-state index is 0.0769. The SMILES string of the molecule is CC(C)(C)OC(=O)Nc1ncnc2c1ncn2[C@@H]1O[C@H](COc2ccc(/C=C/C(=O)c3ccccc3CO[Si](C)(C)C(C)(C)C)cc2)[C@H]2OC(C)(C)O[C@H]21. The van der Waals surface area contributed by atoms with E-state index >= 15 is 0 Å². The number of hydrogen-bond acceptors (Lipinski definition) is 11. The average Bonchev–Trinajstić information content (AvgIpc) is 3.75. The monoisotopic (exact) mass is 757 g/mol. The van der Waals surface area contributed by atoms with E-state index in [9.17, 15) is 9.59 Å². The molecule has 6 rings (SSSR count). The lowest BCUT2D eigenvalue weighted by atomic mass is 10.0. The van der Waals surface area contributed by atoms with Gasteiger partial charge in [-0.3, -0.25) is 14.7 Å². The Kier molecular flexibility index (Phi) is 10.9. The first-order valence-electron chi connectivity index (χ1n) is 18.2. The van der Waals surface area contributed by atoms with Crippen LogP contribution in [0.4, 0.5) is 10.6 Å². The molecule has 1 N–H and O–H groups in total. The van der Waals surface area contributed by atoms with Crippen molar-refractivity contribution in [2.75, 3.05) is 11.9 Å². The summed E-state index contributed by atoms with van der Waals surface area (Å²) in [6.45, 7) is 20.7. The molecule has 4 aromatic rings. The first-order chi connectivity index (χ1) is 25.3. The molecule has 4 heterocycles. The number of benzene rings is 2. The normalized spacial score (nSPS) is 21.4. The van der Waals surface area contributed by atoms with Crippen LogP contribution in [0.15, 0.2) is 67.3 Å². The number of allylic oxidation sites excluding steroid dienone is 1. The number of hydrogen-bond donors (Lipinski definition) is 1. The Morgan fingerprint density at radius 2 is 1.67 bits per heavy atom. The number of amides is 1. The van der Waals surface area contributed by atoms with Crippen LogP contribution in [0.1, 0.15) is 83.1 Å². The van der Waals surface area contributed by atoms with Gasteiger partial charge in [0, 0.05) is 5.56 Å². The van der Waals surface area contributed by atoms with Crippen molar-refractivity contribution in [2.45, 2.75) is 116 Å². The van der Waals surface area contributed by atoms with Crippen molar-refractivity contribution in [1.82, 2.24) is 19.5 Å². The Hall–Kier alpha value is -4.47. The highest BCUT2D eigenvalue weighted by molar-refractivity contribution is 6.74. The Bertz CT molecular complexity index is 2010. The van der Waals surface area contributed by atoms with Crippen molar-refractivity contribution in [3.63, 3.8) is 0 Å². The summed E-state index contributed by atoms with van der Waals surface area (Å²) in [5.41, 5.74) is 2.51. The van der Waals surface area contributed by atoms with Crippen LogP contribution in [0.3, 0.4) is 0 Å². The maximum Gasteiger partial charge on any atom is 0.413 e. The van der Waals surface area contributed by atoms with Crippen LogP contribution in [0.25, 0.3) is 17.2 Å². The summed E-state index contributed by atoms with van der Waals surface area (Å²) >= 11 is 0. The van der Waals surface area contributed by atoms with Crippen LogP contribution in [-0.2, 0) is 30.0 Å². The molecule has 2 fully saturated rings. The van der Waals surface area contributed by atoms with Crippen molar-refractivity contribution in [1.29, 1.82) is 0 Å². The summed E-state index contributed by atoms with van der Waals surface area (Å²) in [5.74, 6) is -0.0899. The van der Waals surface area contributed by atoms with E-state index < -0.39 is 50.3 Å². The van der Waals surface area contributed by atoms with E-state index in [1.165, 1.54) is 6.33 Å². The molecule has 14 heteroatoms. The number of rotatable bonds is 11. The van der Waals surface area contributed by atoms with Gasteiger partial charge < -0.3 is 28.1 Å². The molecular weight excluding hydrogens is 707 g/mol. The molecule has 2 aromatic carbocycles. The van der Waals surface area contributed by atoms with Crippen molar-refractivity contribution in [2.24, 2.45) is 0 Å². The molecule has 0 radical (unpaired) electrons. The van der Waals surface area contributed by atoms with Crippen LogP contribution >= 0.6 is 0 Å². The molecule has 2 saturated heterocycles. The molecule has 288 valence electrons. The highest BCUT2D eigenvalue weighted by Gasteiger charge is 2.56. The first kappa shape index (κ1) is 39.2. The number of ketones is 1. The number of nitrogens with one attached hydrogen (secondary N) is 1. The van der Waals surface area contributed by atoms with E-state index in [1.807, 2.05) is 62.4 Å². The standard InChI is InChI=1S/C40H51N5O8Si/c1-38(2,3)53-37(47)44-34-31-35(42-23-41-34)45(24-43-31)36-33-32(51-40(7,8)52-33)30(50-36)22-48-27-18-15-25(16-19-27)17-20-29(46)28-14-12-11-13-26(28)21-49-54(9,10)39(4,5)6/h11-20,23-24,30,32-33,36H,21-22H2,1-10H3,(H,41,42,44,47)/b20-17+/t30-,32-,33-,36-/m1/s1. The van der Waals surface area contributed by atoms with Gasteiger partial charge in [0.1, 0.15) is 42.6 Å². The third kappa shape index (κ3) is 8.90. The van der Waals surface area contributed by atoms with Gasteiger partial charge in [-0.05, 0) is 82.1 Å². The van der Waals surface area contributed by atoms with Gasteiger partial charge in [-0.1, -0.05) is 63.2 Å². The fourth-order valence-corrected chi connectivity index (χ4v) is 6.97. The van der Waals surface area contributed by atoms with Crippen molar-refractivity contribution in [3.05, 3.63) is 84.0 Å². The molecule has 2 aromatic heterocycles. The number of carbonyl (C=O) groups excluding carboxylic acids is 2. The summed E-state index contributed by atoms with van der Waals surface area (Å²) in [4.78, 5) is 38.9. The second-order valence-corrected chi connectivity index (χ2v) is 21.4. The second-order valence-electron chi connectivity index (χ2n) is 16.6. The van der Waals surface area contributed by atoms with Gasteiger partial charge in [0.25, 0.3) is 0 Å². The predicted molar refractivity (Wildman–Crippen MR) is 207 cm³/mol. The maximum absolute atomic E-state index is 13.3. The average molecular weight is 758 g/mol. The molecular formula is C40H51N5O8Si. The topological polar surface area (TPSA) is 145 Å². The Morgan fingerprint density at radius 3 is 2.37 bits per heavy atom. The molecule has 54 heavy (non-hydrogen) atoms. The maximum atomic E-state index is 13.3. The molecule has 0 unspecified atom stereocenters. The molecule has 0 saturated carbocycles. The fourth-order valence-electron chi connectivity index (χ4n) is 6.02. The quantitative estimate of drug-likeness (QED) is 0.0900. The predicted octanol–water partition coefficient (Wildman–Crippen LogP) is 8.09. The van der Waals surface area contributed by atoms with Crippen LogP contribution in [0, 0.1) is 0 Å². The molecule has 0 spiro atoms. The highest BCUT2D eigenvalue weighted by atomic mass is 28.4. The van der Waals surface area contributed by atoms with Crippen LogP contribution < -0.4 is 10.1 Å². The highest BCUT2D eigenvalue weighted by Crippen LogP contribution is 2.44. The lowest BCUT2D eigenvalue weighted by molar-refractivity contribution is -0.198. The van der Waals surface area contributed by atoms with Gasteiger partial charge in [0.05, 0.1) is 12.9 Å². The molecule has 4 atom stereocenters. The van der Waals surface area contributed by atoms with Crippen molar-refractivity contribution >= 4 is 43.3 Å². The summed E-state index contributed by atoms with van der Waals surface area (Å²) in [6.07, 6.45) is 3.60. The number of fused-ring (bicyclic) bond motifs is 2. The van der Waals surface area contributed by atoms with Crippen molar-refractivity contribution < 1.29 is 37.7 Å². The number of anilines is 1. The molecule has 0 bridgehead atoms. The minimum Gasteiger partial charge on any atom is -0.491 e. The zero-order valence-corrected chi connectivity index (χ0v) is 33.7. The van der Waals surface area contributed by atoms with Gasteiger partial charge >= 0.3 is 6.09 Å². The number of aromatic nitrogens is 4. The molecule has 1 amide bonds. The largest absolute Gasteiger partial charge is 0.491 e. The smallest absolute Gasteiger partial charge is 0.413 e. The number of carbonyl (C=O) groups is 2. The minimum atomic E-state index is -1.97. The van der Waals surface area contributed by atoms with Crippen LogP contribution in [0.5, 0.6) is 5.75 Å². The number of ether oxygens (including phenoxy) is 5. The molecule has 0 aliphatic carbocycles. The lowest BCUT2D eigenvalue weighted by Gasteiger charge is -2.36. The van der Waals surface area contributed by atoms with E-state index in [-0.39, 0.29) is 23.2 Å². The van der Waals surface area contributed by atoms with Crippen LogP contribution in [-0.4, -0.2) is 76.0 Å². The van der Waals surface area contributed by atoms with Crippen molar-refractivity contribution in [3.8, 4) is 5.75 Å². The third-order valence-corrected chi connectivity index (χ3v) is 14.3. The summed E-state index contributed by atoms with van der Waals surface area (Å²) in [5, 5.41) is 2.74. The molecule has 2 aliphatic heterocycles. The van der Waals surface area contributed by atoms with E-state index in [0.29, 0.717) is 29.1 Å². The number of imidazole rings is 1. The van der Waals surface area contributed by atoms with E-state index in [2.05, 4.69) is 54.1 Å². The summed E-state index contributed by atoms with van der Waals surface area (Å²) in [6, 6.07) is 15.1. The van der Waals surface area contributed by atoms with Crippen LogP contribution in [0.2, 0.25) is 18.1 Å². The van der Waals surface area contributed by atoms with E-state index in [1.54, 1.807) is 43.8 Å². The number of nitrogens with zero attached hydrogens (tertiary/aromatic N) is 4. The second kappa shape index (κ2) is 15.0. The fraction of sp³-hybridized carbons (Fsp3) is 0.475. The molecule has 13 nitrogen and oxygen atoms in total.